The third-order valence-electron chi connectivity index (χ3n) is 6.57. The first-order chi connectivity index (χ1) is 11.8. The highest BCUT2D eigenvalue weighted by molar-refractivity contribution is 5.57. The van der Waals surface area contributed by atoms with Gasteiger partial charge in [0.2, 0.25) is 5.75 Å². The fourth-order valence-electron chi connectivity index (χ4n) is 3.81. The van der Waals surface area contributed by atoms with Crippen LogP contribution in [0.25, 0.3) is 0 Å². The number of aryl methyl sites for hydroxylation is 2. The zero-order valence-electron chi connectivity index (χ0n) is 15.9. The van der Waals surface area contributed by atoms with Gasteiger partial charge in [-0.3, -0.25) is 0 Å². The van der Waals surface area contributed by atoms with Crippen LogP contribution in [0.15, 0.2) is 6.07 Å². The van der Waals surface area contributed by atoms with Crippen molar-refractivity contribution in [2.24, 2.45) is 10.8 Å². The first-order valence-corrected chi connectivity index (χ1v) is 10.1. The summed E-state index contributed by atoms with van der Waals surface area (Å²) in [5.41, 5.74) is 2.70. The molecule has 0 bridgehead atoms. The number of phenols is 3. The van der Waals surface area contributed by atoms with Gasteiger partial charge in [0, 0.05) is 0 Å². The van der Waals surface area contributed by atoms with E-state index in [0.717, 1.165) is 49.7 Å². The van der Waals surface area contributed by atoms with Gasteiger partial charge in [-0.05, 0) is 92.2 Å². The van der Waals surface area contributed by atoms with Crippen LogP contribution in [0.4, 0.5) is 0 Å². The smallest absolute Gasteiger partial charge is 0.200 e. The van der Waals surface area contributed by atoms with Crippen molar-refractivity contribution in [3.05, 3.63) is 17.2 Å². The third kappa shape index (κ3) is 4.83. The lowest BCUT2D eigenvalue weighted by Crippen LogP contribution is -1.97. The number of hydrogen-bond acceptors (Lipinski definition) is 3. The topological polar surface area (TPSA) is 60.7 Å². The van der Waals surface area contributed by atoms with E-state index in [2.05, 4.69) is 13.8 Å². The molecule has 0 saturated heterocycles. The van der Waals surface area contributed by atoms with E-state index in [1.807, 2.05) is 6.07 Å². The Bertz CT molecular complexity index is 562. The molecular formula is C22H34O3. The van der Waals surface area contributed by atoms with Gasteiger partial charge >= 0.3 is 0 Å². The first-order valence-electron chi connectivity index (χ1n) is 10.1. The summed E-state index contributed by atoms with van der Waals surface area (Å²) in [5.74, 6) is -0.607. The van der Waals surface area contributed by atoms with Crippen molar-refractivity contribution < 1.29 is 15.3 Å². The lowest BCUT2D eigenvalue weighted by molar-refractivity contribution is 0.360. The highest BCUT2D eigenvalue weighted by Crippen LogP contribution is 2.50. The van der Waals surface area contributed by atoms with Crippen molar-refractivity contribution in [1.29, 1.82) is 0 Å². The number of benzene rings is 1. The predicted octanol–water partition coefficient (Wildman–Crippen LogP) is 5.83. The van der Waals surface area contributed by atoms with E-state index in [-0.39, 0.29) is 17.2 Å². The molecule has 3 nitrogen and oxygen atoms in total. The van der Waals surface area contributed by atoms with E-state index < -0.39 is 0 Å². The predicted molar refractivity (Wildman–Crippen MR) is 101 cm³/mol. The Morgan fingerprint density at radius 3 is 1.44 bits per heavy atom. The summed E-state index contributed by atoms with van der Waals surface area (Å²) >= 11 is 0. The molecule has 0 heterocycles. The van der Waals surface area contributed by atoms with Gasteiger partial charge in [0.25, 0.3) is 0 Å². The minimum atomic E-state index is -0.337. The molecule has 2 fully saturated rings. The quantitative estimate of drug-likeness (QED) is 0.369. The molecule has 25 heavy (non-hydrogen) atoms. The van der Waals surface area contributed by atoms with E-state index in [9.17, 15) is 15.3 Å². The van der Waals surface area contributed by atoms with Crippen molar-refractivity contribution in [2.75, 3.05) is 0 Å². The molecule has 3 heteroatoms. The molecule has 0 unspecified atom stereocenters. The molecule has 140 valence electrons. The molecule has 0 spiro atoms. The first kappa shape index (κ1) is 18.4. The van der Waals surface area contributed by atoms with Gasteiger partial charge in [0.1, 0.15) is 0 Å². The van der Waals surface area contributed by atoms with E-state index >= 15 is 0 Å². The average molecular weight is 347 g/mol. The number of unbranched alkanes of at least 4 members (excludes halogenated alkanes) is 2. The summed E-state index contributed by atoms with van der Waals surface area (Å²) in [7, 11) is 0. The Kier molecular flexibility index (Phi) is 5.22. The lowest BCUT2D eigenvalue weighted by atomic mass is 9.95. The van der Waals surface area contributed by atoms with Gasteiger partial charge in [-0.2, -0.15) is 0 Å². The SMILES string of the molecule is CC1(CCCCc2cc(CCCCC3(C)CC3)c(O)c(O)c2O)CC1. The van der Waals surface area contributed by atoms with Gasteiger partial charge in [-0.1, -0.05) is 26.7 Å². The molecule has 2 aliphatic rings. The summed E-state index contributed by atoms with van der Waals surface area (Å²) in [5, 5.41) is 30.4. The minimum Gasteiger partial charge on any atom is -0.504 e. The van der Waals surface area contributed by atoms with Crippen molar-refractivity contribution in [3.8, 4) is 17.2 Å². The summed E-state index contributed by atoms with van der Waals surface area (Å²) in [6.07, 6.45) is 13.8. The number of rotatable bonds is 10. The van der Waals surface area contributed by atoms with Crippen LogP contribution in [0.3, 0.4) is 0 Å². The number of hydrogen-bond donors (Lipinski definition) is 3. The van der Waals surface area contributed by atoms with Gasteiger partial charge < -0.3 is 15.3 Å². The zero-order valence-corrected chi connectivity index (χ0v) is 15.9. The fraction of sp³-hybridized carbons (Fsp3) is 0.727. The minimum absolute atomic E-state index is 0.135. The van der Waals surface area contributed by atoms with E-state index in [4.69, 9.17) is 0 Å². The van der Waals surface area contributed by atoms with E-state index in [1.165, 1.54) is 38.5 Å². The lowest BCUT2D eigenvalue weighted by Gasteiger charge is -2.14. The van der Waals surface area contributed by atoms with Crippen LogP contribution in [0.5, 0.6) is 17.2 Å². The normalized spacial score (nSPS) is 19.8. The molecule has 0 amide bonds. The molecule has 0 aromatic heterocycles. The van der Waals surface area contributed by atoms with E-state index in [0.29, 0.717) is 10.8 Å². The number of phenolic OH excluding ortho intramolecular Hbond substituents is 3. The van der Waals surface area contributed by atoms with Crippen LogP contribution < -0.4 is 0 Å². The van der Waals surface area contributed by atoms with Gasteiger partial charge in [0.05, 0.1) is 0 Å². The summed E-state index contributed by atoms with van der Waals surface area (Å²) in [6, 6.07) is 1.90. The largest absolute Gasteiger partial charge is 0.504 e. The van der Waals surface area contributed by atoms with Crippen LogP contribution in [0.2, 0.25) is 0 Å². The molecule has 0 atom stereocenters. The van der Waals surface area contributed by atoms with E-state index in [1.54, 1.807) is 0 Å². The molecule has 2 aliphatic carbocycles. The van der Waals surface area contributed by atoms with Crippen molar-refractivity contribution in [2.45, 2.75) is 90.9 Å². The number of aromatic hydroxyl groups is 3. The van der Waals surface area contributed by atoms with Gasteiger partial charge in [-0.15, -0.1) is 0 Å². The average Bonchev–Trinajstić information content (AvgIpc) is 3.49. The maximum Gasteiger partial charge on any atom is 0.200 e. The van der Waals surface area contributed by atoms with Crippen molar-refractivity contribution >= 4 is 0 Å². The highest BCUT2D eigenvalue weighted by Gasteiger charge is 2.36. The van der Waals surface area contributed by atoms with Crippen LogP contribution in [-0.4, -0.2) is 15.3 Å². The third-order valence-corrected chi connectivity index (χ3v) is 6.57. The Morgan fingerprint density at radius 2 is 1.08 bits per heavy atom. The highest BCUT2D eigenvalue weighted by atomic mass is 16.3. The Labute approximate surface area is 152 Å². The molecule has 3 N–H and O–H groups in total. The molecule has 1 aromatic carbocycles. The Hall–Kier alpha value is -1.38. The monoisotopic (exact) mass is 346 g/mol. The fourth-order valence-corrected chi connectivity index (χ4v) is 3.81. The second-order valence-electron chi connectivity index (χ2n) is 9.28. The second kappa shape index (κ2) is 7.09. The zero-order chi connectivity index (χ0) is 18.1. The maximum atomic E-state index is 10.2. The second-order valence-corrected chi connectivity index (χ2v) is 9.28. The molecular weight excluding hydrogens is 312 g/mol. The summed E-state index contributed by atoms with van der Waals surface area (Å²) in [4.78, 5) is 0. The Morgan fingerprint density at radius 1 is 0.680 bits per heavy atom. The van der Waals surface area contributed by atoms with Crippen LogP contribution >= 0.6 is 0 Å². The summed E-state index contributed by atoms with van der Waals surface area (Å²) < 4.78 is 0. The van der Waals surface area contributed by atoms with Gasteiger partial charge in [0.15, 0.2) is 11.5 Å². The van der Waals surface area contributed by atoms with Crippen LogP contribution in [0.1, 0.15) is 89.2 Å². The molecule has 1 aromatic rings. The molecule has 0 radical (unpaired) electrons. The standard InChI is InChI=1S/C22H34O3/c1-21(11-12-21)9-5-3-7-16-15-17(19(24)20(25)18(16)23)8-4-6-10-22(2)13-14-22/h15,23-25H,3-14H2,1-2H3. The van der Waals surface area contributed by atoms with Crippen LogP contribution in [-0.2, 0) is 12.8 Å². The maximum absolute atomic E-state index is 10.2. The molecule has 2 saturated carbocycles. The van der Waals surface area contributed by atoms with Crippen molar-refractivity contribution in [1.82, 2.24) is 0 Å². The van der Waals surface area contributed by atoms with Crippen molar-refractivity contribution in [3.63, 3.8) is 0 Å². The molecule has 3 rings (SSSR count). The Balaban J connectivity index is 1.52. The van der Waals surface area contributed by atoms with Gasteiger partial charge in [-0.25, -0.2) is 0 Å². The molecule has 0 aliphatic heterocycles. The summed E-state index contributed by atoms with van der Waals surface area (Å²) in [6.45, 7) is 4.69. The van der Waals surface area contributed by atoms with Crippen LogP contribution in [0, 0.1) is 10.8 Å².